The Kier molecular flexibility index (Phi) is 32.3. The Labute approximate surface area is 668 Å². The molecule has 3 amide bonds. The summed E-state index contributed by atoms with van der Waals surface area (Å²) in [6.45, 7) is 20.4. The maximum absolute atomic E-state index is 14.3. The molecular weight excluding hydrogens is 1490 g/mol. The van der Waals surface area contributed by atoms with Crippen molar-refractivity contribution in [1.29, 1.82) is 0 Å². The lowest BCUT2D eigenvalue weighted by molar-refractivity contribution is 0.0444. The molecule has 2 bridgehead atoms. The fourth-order valence-corrected chi connectivity index (χ4v) is 13.4. The number of halogens is 3. The van der Waals surface area contributed by atoms with Crippen LogP contribution in [0.5, 0.6) is 17.2 Å². The molecule has 14 rings (SSSR count). The third-order valence-corrected chi connectivity index (χ3v) is 19.0. The molecule has 0 radical (unpaired) electrons. The Morgan fingerprint density at radius 2 is 1.12 bits per heavy atom. The number of aromatic nitrogens is 9. The van der Waals surface area contributed by atoms with E-state index in [0.717, 1.165) is 77.0 Å². The van der Waals surface area contributed by atoms with Crippen molar-refractivity contribution in [2.24, 2.45) is 5.73 Å². The van der Waals surface area contributed by atoms with Crippen molar-refractivity contribution in [2.45, 2.75) is 246 Å². The van der Waals surface area contributed by atoms with E-state index >= 15 is 0 Å². The van der Waals surface area contributed by atoms with Gasteiger partial charge in [-0.15, -0.1) is 0 Å². The number of anilines is 3. The predicted octanol–water partition coefficient (Wildman–Crippen LogP) is 14.1. The van der Waals surface area contributed by atoms with Crippen LogP contribution in [0.3, 0.4) is 0 Å². The minimum Gasteiger partial charge on any atom is -0.508 e. The van der Waals surface area contributed by atoms with Crippen molar-refractivity contribution in [2.75, 3.05) is 29.2 Å². The summed E-state index contributed by atoms with van der Waals surface area (Å²) in [4.78, 5) is 74.2. The number of ether oxygens (including phenoxy) is 6. The van der Waals surface area contributed by atoms with Crippen molar-refractivity contribution >= 4 is 64.4 Å². The summed E-state index contributed by atoms with van der Waals surface area (Å²) < 4.78 is 79.3. The Morgan fingerprint density at radius 3 is 1.68 bits per heavy atom. The molecule has 1 unspecified atom stereocenters. The van der Waals surface area contributed by atoms with Gasteiger partial charge in [0.1, 0.15) is 92.3 Å². The fourth-order valence-electron chi connectivity index (χ4n) is 13.4. The minimum atomic E-state index is -0.602. The second-order valence-electron chi connectivity index (χ2n) is 29.9. The van der Waals surface area contributed by atoms with Gasteiger partial charge in [-0.1, -0.05) is 14.9 Å². The van der Waals surface area contributed by atoms with Crippen LogP contribution in [0.2, 0.25) is 0 Å². The molecule has 6 aromatic heterocycles. The number of nitrogens with zero attached hydrogens (tertiary/aromatic N) is 9. The van der Waals surface area contributed by atoms with Gasteiger partial charge < -0.3 is 88.8 Å². The van der Waals surface area contributed by atoms with E-state index in [2.05, 4.69) is 62.1 Å². The first-order chi connectivity index (χ1) is 53.3. The van der Waals surface area contributed by atoms with Crippen LogP contribution in [0.25, 0.3) is 16.9 Å². The topological polar surface area (TPSA) is 390 Å². The van der Waals surface area contributed by atoms with Gasteiger partial charge in [-0.25, -0.2) is 60.8 Å². The van der Waals surface area contributed by atoms with Gasteiger partial charge in [0.2, 0.25) is 0 Å². The smallest absolute Gasteiger partial charge is 0.408 e. The number of rotatable bonds is 14. The molecule has 4 fully saturated rings. The third-order valence-electron chi connectivity index (χ3n) is 19.0. The SMILES string of the molecule is C.C.CC(C)(C)OC(=O)N[C@H]1CCC[C@@H]1O.CCOC(=O)c1cnn2ccc(N[C@H](C)c3cc(F)ccc3O)nc12.CCOC(=O)c1cnn2ccc(N[C@H](C)c3cc(F)ccc3OC3CCC[C@@H]3NC(=O)OC(C)(C)C)nc12.C[C@H]1Nc2ccn3ncc(c3n2)C(=O)N[C@H]2CCC[C@H]2Oc2ccc(F)cc21.N[C@H]1CCC[C@@H]1O.[CH3-]. The first-order valence-electron chi connectivity index (χ1n) is 37.8. The van der Waals surface area contributed by atoms with Gasteiger partial charge in [0.15, 0.2) is 16.9 Å². The zero-order chi connectivity index (χ0) is 80.7. The number of nitrogens with one attached hydrogen (secondary N) is 6. The molecule has 115 heavy (non-hydrogen) atoms. The predicted molar refractivity (Wildman–Crippen MR) is 430 cm³/mol. The first-order valence-corrected chi connectivity index (χ1v) is 37.8. The summed E-state index contributed by atoms with van der Waals surface area (Å²) in [6.07, 6.45) is 18.0. The molecule has 0 saturated heterocycles. The standard InChI is InChI=1S/C27H34FN5O5.C20H20FN5O2.C17H17FN4O3.C10H19NO3.C5H11NO.2CH4.CH3/c1-6-36-25(34)19-15-29-33-13-12-23(32-24(19)33)30-16(2)18-14-17(28)10-11-21(18)37-22-9-7-8-20(22)31-26(35)38-27(3,4)5;1-11-13-9-12(21)5-6-16(13)28-17-4-2-3-15(17)24-20(27)14-10-22-26-8-7-18(23-11)25-19(14)26;1-3-25-17(24)13-9-19-22-7-6-15(21-16(13)22)20-10(2)12-8-11(18)4-5-14(12)23;1-10(2,3)14-9(13)11-7-5-4-6-8(7)12;6-4-2-1-3-5(4)7;;;/h10-16,20,22H,6-9H2,1-5H3,(H,30,32)(H,31,35);5-11,15,17H,2-4H2,1H3,(H,23,25)(H,24,27);4-10,23H,3H2,1-2H3,(H,20,21);7-8,12H,4-6H2,1-3H3,(H,11,13);4-5,7H,1-3,6H2;2*1H4;1H3/q;;;;;;;-1/t16-,20+,22?;11-,15+,17-;10-;7-,8-;4-,5-;;;/m11100.../s1. The van der Waals surface area contributed by atoms with Gasteiger partial charge in [0.25, 0.3) is 5.91 Å². The number of benzene rings is 3. The van der Waals surface area contributed by atoms with E-state index in [4.69, 9.17) is 39.3 Å². The highest BCUT2D eigenvalue weighted by atomic mass is 19.1. The average Bonchev–Trinajstić information content (AvgIpc) is 1.61. The van der Waals surface area contributed by atoms with Crippen LogP contribution in [-0.2, 0) is 18.9 Å². The molecule has 9 aromatic rings. The van der Waals surface area contributed by atoms with Gasteiger partial charge >= 0.3 is 24.1 Å². The zero-order valence-electron chi connectivity index (χ0n) is 65.7. The number of phenols is 1. The second-order valence-corrected chi connectivity index (χ2v) is 29.9. The molecule has 0 spiro atoms. The van der Waals surface area contributed by atoms with E-state index in [1.807, 2.05) is 55.4 Å². The average molecular weight is 1600 g/mol. The Hall–Kier alpha value is -11.1. The molecule has 11 atom stereocenters. The molecule has 4 aliphatic carbocycles. The van der Waals surface area contributed by atoms with Gasteiger partial charge in [0.05, 0.1) is 80.3 Å². The summed E-state index contributed by atoms with van der Waals surface area (Å²) in [5.74, 6) is 0.220. The van der Waals surface area contributed by atoms with Gasteiger partial charge in [0, 0.05) is 41.3 Å². The largest absolute Gasteiger partial charge is 0.508 e. The molecular formula is C82H112F3N16O14-. The number of hydrogen-bond donors (Lipinski definition) is 10. The number of fused-ring (bicyclic) bond motifs is 5. The van der Waals surface area contributed by atoms with E-state index in [1.165, 1.54) is 70.1 Å². The number of phenolic OH excluding ortho intramolecular Hbond substituents is 1. The lowest BCUT2D eigenvalue weighted by Crippen LogP contribution is -2.44. The molecule has 3 aromatic carbocycles. The minimum absolute atomic E-state index is 0. The zero-order valence-corrected chi connectivity index (χ0v) is 65.7. The summed E-state index contributed by atoms with van der Waals surface area (Å²) in [5.41, 5.74) is 8.16. The van der Waals surface area contributed by atoms with Gasteiger partial charge in [-0.05, 0) is 226 Å². The number of alkyl carbamates (subject to hydrolysis) is 2. The fraction of sp³-hybridized carbons (Fsp3) is 0.488. The van der Waals surface area contributed by atoms with Crippen molar-refractivity contribution in [1.82, 2.24) is 59.7 Å². The highest BCUT2D eigenvalue weighted by Gasteiger charge is 2.36. The maximum Gasteiger partial charge on any atom is 0.408 e. The number of amides is 3. The Morgan fingerprint density at radius 1 is 0.617 bits per heavy atom. The number of carbonyl (C=O) groups excluding carboxylic acids is 5. The molecule has 30 nitrogen and oxygen atoms in total. The first kappa shape index (κ1) is 91.1. The summed E-state index contributed by atoms with van der Waals surface area (Å²) in [7, 11) is 0. The van der Waals surface area contributed by atoms with Crippen LogP contribution in [0.4, 0.5) is 40.2 Å². The van der Waals surface area contributed by atoms with Crippen LogP contribution >= 0.6 is 0 Å². The van der Waals surface area contributed by atoms with Crippen molar-refractivity contribution in [3.8, 4) is 17.2 Å². The maximum atomic E-state index is 14.3. The molecule has 4 saturated carbocycles. The van der Waals surface area contributed by atoms with Crippen molar-refractivity contribution in [3.05, 3.63) is 168 Å². The van der Waals surface area contributed by atoms with Gasteiger partial charge in [-0.3, -0.25) is 4.79 Å². The number of hydrogen-bond acceptors (Lipinski definition) is 24. The molecule has 1 aliphatic heterocycles. The Balaban J connectivity index is 0.000000212. The third kappa shape index (κ3) is 24.7. The molecule has 5 aliphatic rings. The van der Waals surface area contributed by atoms with Crippen LogP contribution < -0.4 is 47.1 Å². The monoisotopic (exact) mass is 1600 g/mol. The number of esters is 2. The van der Waals surface area contributed by atoms with E-state index < -0.39 is 65.1 Å². The number of aliphatic hydroxyl groups excluding tert-OH is 2. The van der Waals surface area contributed by atoms with Crippen molar-refractivity contribution in [3.63, 3.8) is 0 Å². The molecule has 7 heterocycles. The van der Waals surface area contributed by atoms with Crippen molar-refractivity contribution < 1.29 is 80.9 Å². The number of nitrogens with two attached hydrogens (primary N) is 1. The highest BCUT2D eigenvalue weighted by Crippen LogP contribution is 2.36. The lowest BCUT2D eigenvalue weighted by atomic mass is 10.1. The Bertz CT molecular complexity index is 4730. The molecule has 626 valence electrons. The normalized spacial score (nSPS) is 20.4. The number of aliphatic hydroxyl groups is 2. The van der Waals surface area contributed by atoms with Crippen LogP contribution in [0, 0.1) is 24.9 Å². The lowest BCUT2D eigenvalue weighted by Gasteiger charge is -2.27. The summed E-state index contributed by atoms with van der Waals surface area (Å²) in [5, 5.41) is 58.9. The number of carbonyl (C=O) groups is 5. The highest BCUT2D eigenvalue weighted by molar-refractivity contribution is 6.00. The van der Waals surface area contributed by atoms with Crippen LogP contribution in [0.15, 0.2) is 110 Å². The second kappa shape index (κ2) is 40.8. The van der Waals surface area contributed by atoms with E-state index in [-0.39, 0.29) is 113 Å². The van der Waals surface area contributed by atoms with Crippen LogP contribution in [-0.4, -0.2) is 162 Å². The number of aromatic hydroxyl groups is 1. The summed E-state index contributed by atoms with van der Waals surface area (Å²) >= 11 is 0. The summed E-state index contributed by atoms with van der Waals surface area (Å²) in [6, 6.07) is 16.3. The van der Waals surface area contributed by atoms with Crippen LogP contribution in [0.1, 0.15) is 234 Å². The molecule has 33 heteroatoms. The van der Waals surface area contributed by atoms with Gasteiger partial charge in [-0.2, -0.15) is 15.3 Å². The van der Waals surface area contributed by atoms with E-state index in [0.29, 0.717) is 68.1 Å². The molecule has 11 N–H and O–H groups in total. The van der Waals surface area contributed by atoms with E-state index in [9.17, 15) is 47.4 Å². The van der Waals surface area contributed by atoms with E-state index in [1.54, 1.807) is 74.2 Å². The quantitative estimate of drug-likeness (QED) is 0.0275.